The molecule has 10 heteroatoms. The minimum Gasteiger partial charge on any atom is -0.411 e. The van der Waals surface area contributed by atoms with E-state index in [9.17, 15) is 8.42 Å². The first-order chi connectivity index (χ1) is 9.33. The number of hydrogen-bond donors (Lipinski definition) is 2. The van der Waals surface area contributed by atoms with Crippen LogP contribution in [0.3, 0.4) is 0 Å². The van der Waals surface area contributed by atoms with E-state index in [2.05, 4.69) is 30.8 Å². The maximum atomic E-state index is 12.2. The van der Waals surface area contributed by atoms with E-state index < -0.39 is 10.0 Å². The summed E-state index contributed by atoms with van der Waals surface area (Å²) in [4.78, 5) is 4.05. The SMILES string of the molecule is CC(=NO)c1csc(NS(=O)(=O)c2cc(C)c(Br)s2)n1. The van der Waals surface area contributed by atoms with Crippen molar-refractivity contribution in [3.8, 4) is 0 Å². The van der Waals surface area contributed by atoms with Gasteiger partial charge in [-0.3, -0.25) is 4.72 Å². The number of sulfonamides is 1. The van der Waals surface area contributed by atoms with Crippen LogP contribution in [-0.2, 0) is 10.0 Å². The summed E-state index contributed by atoms with van der Waals surface area (Å²) in [5.41, 5.74) is 1.61. The van der Waals surface area contributed by atoms with Crippen LogP contribution in [-0.4, -0.2) is 24.3 Å². The fraction of sp³-hybridized carbons (Fsp3) is 0.200. The predicted molar refractivity (Wildman–Crippen MR) is 83.7 cm³/mol. The van der Waals surface area contributed by atoms with Crippen LogP contribution >= 0.6 is 38.6 Å². The van der Waals surface area contributed by atoms with E-state index >= 15 is 0 Å². The second-order valence-corrected chi connectivity index (χ2v) is 8.99. The summed E-state index contributed by atoms with van der Waals surface area (Å²) in [6, 6.07) is 1.59. The lowest BCUT2D eigenvalue weighted by atomic mass is 10.3. The quantitative estimate of drug-likeness (QED) is 0.471. The monoisotopic (exact) mass is 395 g/mol. The van der Waals surface area contributed by atoms with Gasteiger partial charge in [0, 0.05) is 5.38 Å². The Hall–Kier alpha value is -0.970. The van der Waals surface area contributed by atoms with Gasteiger partial charge in [0.05, 0.1) is 3.79 Å². The molecule has 0 amide bonds. The van der Waals surface area contributed by atoms with Gasteiger partial charge in [0.25, 0.3) is 10.0 Å². The highest BCUT2D eigenvalue weighted by Gasteiger charge is 2.20. The van der Waals surface area contributed by atoms with Gasteiger partial charge < -0.3 is 5.21 Å². The Labute approximate surface area is 132 Å². The van der Waals surface area contributed by atoms with Gasteiger partial charge in [-0.1, -0.05) is 5.16 Å². The Morgan fingerprint density at radius 2 is 2.25 bits per heavy atom. The molecule has 0 saturated carbocycles. The number of aryl methyl sites for hydroxylation is 1. The van der Waals surface area contributed by atoms with Gasteiger partial charge >= 0.3 is 0 Å². The van der Waals surface area contributed by atoms with Crippen molar-refractivity contribution >= 4 is 59.5 Å². The highest BCUT2D eigenvalue weighted by Crippen LogP contribution is 2.32. The number of thiazole rings is 1. The zero-order chi connectivity index (χ0) is 14.9. The molecule has 0 bridgehead atoms. The molecule has 0 fully saturated rings. The minimum atomic E-state index is -3.65. The molecule has 0 atom stereocenters. The molecule has 2 aromatic heterocycles. The number of oxime groups is 1. The largest absolute Gasteiger partial charge is 0.411 e. The first-order valence-electron chi connectivity index (χ1n) is 5.27. The van der Waals surface area contributed by atoms with E-state index in [-0.39, 0.29) is 9.34 Å². The fourth-order valence-corrected chi connectivity index (χ4v) is 5.50. The van der Waals surface area contributed by atoms with Gasteiger partial charge in [-0.15, -0.1) is 22.7 Å². The third kappa shape index (κ3) is 3.19. The lowest BCUT2D eigenvalue weighted by molar-refractivity contribution is 0.319. The number of hydrogen-bond acceptors (Lipinski definition) is 7. The number of anilines is 1. The molecule has 20 heavy (non-hydrogen) atoms. The van der Waals surface area contributed by atoms with E-state index in [1.54, 1.807) is 18.4 Å². The van der Waals surface area contributed by atoms with Gasteiger partial charge in [-0.05, 0) is 41.4 Å². The highest BCUT2D eigenvalue weighted by atomic mass is 79.9. The fourth-order valence-electron chi connectivity index (χ4n) is 1.27. The molecule has 0 unspecified atom stereocenters. The summed E-state index contributed by atoms with van der Waals surface area (Å²) in [5.74, 6) is 0. The first kappa shape index (κ1) is 15.4. The van der Waals surface area contributed by atoms with E-state index in [0.717, 1.165) is 32.0 Å². The zero-order valence-corrected chi connectivity index (χ0v) is 14.5. The molecule has 0 aliphatic heterocycles. The van der Waals surface area contributed by atoms with Gasteiger partial charge in [0.2, 0.25) is 0 Å². The van der Waals surface area contributed by atoms with E-state index in [1.807, 2.05) is 6.92 Å². The molecule has 0 saturated heterocycles. The Kier molecular flexibility index (Phi) is 4.47. The second kappa shape index (κ2) is 5.80. The van der Waals surface area contributed by atoms with Crippen molar-refractivity contribution < 1.29 is 13.6 Å². The number of nitrogens with zero attached hydrogens (tertiary/aromatic N) is 2. The average molecular weight is 396 g/mol. The zero-order valence-electron chi connectivity index (χ0n) is 10.4. The topological polar surface area (TPSA) is 91.7 Å². The van der Waals surface area contributed by atoms with Crippen LogP contribution < -0.4 is 4.72 Å². The Morgan fingerprint density at radius 3 is 2.80 bits per heavy atom. The Balaban J connectivity index is 2.27. The summed E-state index contributed by atoms with van der Waals surface area (Å²) in [6.45, 7) is 3.40. The predicted octanol–water partition coefficient (Wildman–Crippen LogP) is 3.27. The molecule has 2 heterocycles. The van der Waals surface area contributed by atoms with Crippen LogP contribution in [0.5, 0.6) is 0 Å². The third-order valence-corrected chi connectivity index (χ3v) is 7.18. The highest BCUT2D eigenvalue weighted by molar-refractivity contribution is 9.11. The molecule has 2 rings (SSSR count). The van der Waals surface area contributed by atoms with Crippen LogP contribution in [0.2, 0.25) is 0 Å². The van der Waals surface area contributed by atoms with Crippen molar-refractivity contribution in [3.63, 3.8) is 0 Å². The summed E-state index contributed by atoms with van der Waals surface area (Å²) in [5, 5.41) is 13.5. The average Bonchev–Trinajstić information content (AvgIpc) is 2.96. The third-order valence-electron chi connectivity index (χ3n) is 2.35. The van der Waals surface area contributed by atoms with Crippen LogP contribution in [0.4, 0.5) is 5.13 Å². The first-order valence-corrected chi connectivity index (χ1v) is 9.24. The molecule has 0 spiro atoms. The summed E-state index contributed by atoms with van der Waals surface area (Å²) in [7, 11) is -3.65. The molecule has 108 valence electrons. The smallest absolute Gasteiger partial charge is 0.273 e. The number of halogens is 1. The summed E-state index contributed by atoms with van der Waals surface area (Å²) in [6.07, 6.45) is 0. The van der Waals surface area contributed by atoms with Crippen molar-refractivity contribution in [2.45, 2.75) is 18.1 Å². The van der Waals surface area contributed by atoms with E-state index in [4.69, 9.17) is 5.21 Å². The van der Waals surface area contributed by atoms with Crippen LogP contribution in [0, 0.1) is 6.92 Å². The van der Waals surface area contributed by atoms with Crippen LogP contribution in [0.25, 0.3) is 0 Å². The Bertz CT molecular complexity index is 744. The number of rotatable bonds is 4. The summed E-state index contributed by atoms with van der Waals surface area (Å²) < 4.78 is 27.8. The van der Waals surface area contributed by atoms with Crippen molar-refractivity contribution in [2.24, 2.45) is 5.16 Å². The second-order valence-electron chi connectivity index (χ2n) is 3.85. The van der Waals surface area contributed by atoms with E-state index in [1.165, 1.54) is 0 Å². The Morgan fingerprint density at radius 1 is 1.55 bits per heavy atom. The lowest BCUT2D eigenvalue weighted by Gasteiger charge is -2.01. The molecule has 0 radical (unpaired) electrons. The van der Waals surface area contributed by atoms with Crippen molar-refractivity contribution in [3.05, 3.63) is 26.5 Å². The molecular formula is C10H10BrN3O3S3. The molecule has 0 aromatic carbocycles. The van der Waals surface area contributed by atoms with Crippen molar-refractivity contribution in [1.82, 2.24) is 4.98 Å². The molecule has 2 aromatic rings. The van der Waals surface area contributed by atoms with Crippen molar-refractivity contribution in [1.29, 1.82) is 0 Å². The van der Waals surface area contributed by atoms with Crippen LogP contribution in [0.1, 0.15) is 18.2 Å². The number of thiophene rings is 1. The molecule has 2 N–H and O–H groups in total. The molecule has 0 aliphatic carbocycles. The lowest BCUT2D eigenvalue weighted by Crippen LogP contribution is -2.11. The van der Waals surface area contributed by atoms with E-state index in [0.29, 0.717) is 11.4 Å². The van der Waals surface area contributed by atoms with Gasteiger partial charge in [0.1, 0.15) is 15.6 Å². The van der Waals surface area contributed by atoms with Gasteiger partial charge in [-0.25, -0.2) is 13.4 Å². The number of nitrogens with one attached hydrogen (secondary N) is 1. The summed E-state index contributed by atoms with van der Waals surface area (Å²) >= 11 is 5.56. The van der Waals surface area contributed by atoms with Crippen LogP contribution in [0.15, 0.2) is 24.6 Å². The standard InChI is InChI=1S/C10H10BrN3O3S3/c1-5-3-8(19-9(5)11)20(16,17)14-10-12-7(4-18-10)6(2)13-15/h3-4,15H,1-2H3,(H,12,14). The minimum absolute atomic E-state index is 0.214. The normalized spacial score (nSPS) is 12.7. The molecule has 0 aliphatic rings. The molecular weight excluding hydrogens is 386 g/mol. The molecule has 6 nitrogen and oxygen atoms in total. The maximum Gasteiger partial charge on any atom is 0.273 e. The number of aromatic nitrogens is 1. The van der Waals surface area contributed by atoms with Crippen molar-refractivity contribution in [2.75, 3.05) is 4.72 Å². The van der Waals surface area contributed by atoms with Gasteiger partial charge in [0.15, 0.2) is 5.13 Å². The van der Waals surface area contributed by atoms with Gasteiger partial charge in [-0.2, -0.15) is 0 Å². The maximum absolute atomic E-state index is 12.2.